The lowest BCUT2D eigenvalue weighted by molar-refractivity contribution is 0.329. The van der Waals surface area contributed by atoms with Crippen molar-refractivity contribution in [2.75, 3.05) is 6.54 Å². The number of likely N-dealkylation sites (N-methyl/N-ethyl adjacent to an activating group) is 1. The van der Waals surface area contributed by atoms with Gasteiger partial charge in [0, 0.05) is 16.9 Å². The molecule has 1 fully saturated rings. The summed E-state index contributed by atoms with van der Waals surface area (Å²) in [4.78, 5) is 4.62. The third kappa shape index (κ3) is 3.52. The molecule has 2 atom stereocenters. The number of rotatable bonds is 5. The summed E-state index contributed by atoms with van der Waals surface area (Å²) in [6.45, 7) is 3.13. The summed E-state index contributed by atoms with van der Waals surface area (Å²) in [6, 6.07) is 8.70. The van der Waals surface area contributed by atoms with Gasteiger partial charge in [-0.1, -0.05) is 46.6 Å². The van der Waals surface area contributed by atoms with Crippen molar-refractivity contribution >= 4 is 15.9 Å². The van der Waals surface area contributed by atoms with Gasteiger partial charge in [-0.25, -0.2) is 0 Å². The minimum absolute atomic E-state index is 0.369. The Bertz CT molecular complexity index is 599. The molecular formula is C16H20BrN3O. The average Bonchev–Trinajstić information content (AvgIpc) is 3.08. The van der Waals surface area contributed by atoms with Crippen LogP contribution in [0.3, 0.4) is 0 Å². The van der Waals surface area contributed by atoms with E-state index >= 15 is 0 Å². The van der Waals surface area contributed by atoms with E-state index in [0.29, 0.717) is 18.4 Å². The monoisotopic (exact) mass is 349 g/mol. The van der Waals surface area contributed by atoms with E-state index < -0.39 is 0 Å². The van der Waals surface area contributed by atoms with Gasteiger partial charge in [0.15, 0.2) is 5.82 Å². The van der Waals surface area contributed by atoms with Gasteiger partial charge < -0.3 is 9.84 Å². The minimum atomic E-state index is 0.369. The quantitative estimate of drug-likeness (QED) is 0.894. The first-order chi connectivity index (χ1) is 10.3. The fourth-order valence-electron chi connectivity index (χ4n) is 3.08. The van der Waals surface area contributed by atoms with Crippen molar-refractivity contribution < 1.29 is 4.52 Å². The van der Waals surface area contributed by atoms with Gasteiger partial charge in [-0.05, 0) is 37.1 Å². The first-order valence-corrected chi connectivity index (χ1v) is 8.36. The molecule has 0 saturated heterocycles. The molecule has 1 saturated carbocycles. The fraction of sp³-hybridized carbons (Fsp3) is 0.500. The van der Waals surface area contributed by atoms with Gasteiger partial charge >= 0.3 is 0 Å². The van der Waals surface area contributed by atoms with Gasteiger partial charge in [-0.3, -0.25) is 0 Å². The molecule has 0 radical (unpaired) electrons. The van der Waals surface area contributed by atoms with Crippen LogP contribution < -0.4 is 5.32 Å². The van der Waals surface area contributed by atoms with E-state index in [1.807, 2.05) is 12.1 Å². The number of halogens is 1. The van der Waals surface area contributed by atoms with Gasteiger partial charge in [0.1, 0.15) is 0 Å². The number of hydrogen-bond donors (Lipinski definition) is 1. The Labute approximate surface area is 133 Å². The zero-order chi connectivity index (χ0) is 14.7. The molecule has 1 N–H and O–H groups in total. The zero-order valence-corrected chi connectivity index (χ0v) is 13.8. The van der Waals surface area contributed by atoms with Crippen molar-refractivity contribution in [1.82, 2.24) is 15.5 Å². The number of nitrogens with zero attached hydrogens (tertiary/aromatic N) is 2. The summed E-state index contributed by atoms with van der Waals surface area (Å²) in [7, 11) is 0. The normalized spacial score (nSPS) is 21.8. The van der Waals surface area contributed by atoms with Crippen molar-refractivity contribution in [3.8, 4) is 0 Å². The Morgan fingerprint density at radius 2 is 2.29 bits per heavy atom. The van der Waals surface area contributed by atoms with Crippen molar-refractivity contribution in [1.29, 1.82) is 0 Å². The van der Waals surface area contributed by atoms with Crippen LogP contribution in [0.2, 0.25) is 0 Å². The summed E-state index contributed by atoms with van der Waals surface area (Å²) in [5, 5.41) is 7.68. The highest BCUT2D eigenvalue weighted by Gasteiger charge is 2.32. The lowest BCUT2D eigenvalue weighted by Gasteiger charge is -2.16. The number of hydrogen-bond acceptors (Lipinski definition) is 4. The molecule has 1 aliphatic rings. The SMILES string of the molecule is CCNC1CCCC1c1nc(Cc2cccc(Br)c2)no1. The first kappa shape index (κ1) is 14.7. The Kier molecular flexibility index (Phi) is 4.70. The average molecular weight is 350 g/mol. The van der Waals surface area contributed by atoms with E-state index in [4.69, 9.17) is 4.52 Å². The van der Waals surface area contributed by atoms with Gasteiger partial charge in [-0.15, -0.1) is 0 Å². The largest absolute Gasteiger partial charge is 0.339 e. The summed E-state index contributed by atoms with van der Waals surface area (Å²) in [5.74, 6) is 1.93. The standard InChI is InChI=1S/C16H20BrN3O/c1-2-18-14-8-4-7-13(14)16-19-15(20-21-16)10-11-5-3-6-12(17)9-11/h3,5-6,9,13-14,18H,2,4,7-8,10H2,1H3. The van der Waals surface area contributed by atoms with Crippen molar-refractivity contribution in [3.63, 3.8) is 0 Å². The van der Waals surface area contributed by atoms with Gasteiger partial charge in [0.2, 0.25) is 5.89 Å². The first-order valence-electron chi connectivity index (χ1n) is 7.56. The van der Waals surface area contributed by atoms with E-state index in [1.54, 1.807) is 0 Å². The number of benzene rings is 1. The Morgan fingerprint density at radius 3 is 3.10 bits per heavy atom. The summed E-state index contributed by atoms with van der Waals surface area (Å²) in [6.07, 6.45) is 4.27. The molecule has 1 aromatic heterocycles. The molecule has 112 valence electrons. The van der Waals surface area contributed by atoms with Gasteiger partial charge in [0.05, 0.1) is 5.92 Å². The van der Waals surface area contributed by atoms with E-state index in [9.17, 15) is 0 Å². The summed E-state index contributed by atoms with van der Waals surface area (Å²) >= 11 is 3.49. The third-order valence-corrected chi connectivity index (χ3v) is 4.53. The molecule has 1 heterocycles. The van der Waals surface area contributed by atoms with E-state index in [2.05, 4.69) is 50.4 Å². The Morgan fingerprint density at radius 1 is 1.38 bits per heavy atom. The molecular weight excluding hydrogens is 330 g/mol. The van der Waals surface area contributed by atoms with Crippen LogP contribution in [0.4, 0.5) is 0 Å². The van der Waals surface area contributed by atoms with E-state index in [-0.39, 0.29) is 0 Å². The number of aromatic nitrogens is 2. The summed E-state index contributed by atoms with van der Waals surface area (Å²) in [5.41, 5.74) is 1.19. The molecule has 1 aliphatic carbocycles. The molecule has 2 unspecified atom stereocenters. The molecule has 2 aromatic rings. The second-order valence-corrected chi connectivity index (χ2v) is 6.47. The molecule has 1 aromatic carbocycles. The van der Waals surface area contributed by atoms with Crippen LogP contribution in [0.1, 0.15) is 49.4 Å². The predicted octanol–water partition coefficient (Wildman–Crippen LogP) is 3.67. The minimum Gasteiger partial charge on any atom is -0.339 e. The maximum atomic E-state index is 5.51. The highest BCUT2D eigenvalue weighted by atomic mass is 79.9. The van der Waals surface area contributed by atoms with Crippen LogP contribution in [-0.4, -0.2) is 22.7 Å². The topological polar surface area (TPSA) is 51.0 Å². The second-order valence-electron chi connectivity index (χ2n) is 5.56. The third-order valence-electron chi connectivity index (χ3n) is 4.03. The predicted molar refractivity (Wildman–Crippen MR) is 85.3 cm³/mol. The van der Waals surface area contributed by atoms with Crippen LogP contribution in [0, 0.1) is 0 Å². The van der Waals surface area contributed by atoms with Crippen LogP contribution in [0.5, 0.6) is 0 Å². The highest BCUT2D eigenvalue weighted by Crippen LogP contribution is 2.33. The zero-order valence-electron chi connectivity index (χ0n) is 12.2. The van der Waals surface area contributed by atoms with E-state index in [1.165, 1.54) is 18.4 Å². The van der Waals surface area contributed by atoms with Gasteiger partial charge in [-0.2, -0.15) is 4.98 Å². The van der Waals surface area contributed by atoms with Gasteiger partial charge in [0.25, 0.3) is 0 Å². The van der Waals surface area contributed by atoms with Crippen LogP contribution in [0.25, 0.3) is 0 Å². The van der Waals surface area contributed by atoms with Crippen LogP contribution in [0.15, 0.2) is 33.3 Å². The Hall–Kier alpha value is -1.20. The lowest BCUT2D eigenvalue weighted by Crippen LogP contribution is -2.31. The maximum absolute atomic E-state index is 5.51. The molecule has 4 nitrogen and oxygen atoms in total. The highest BCUT2D eigenvalue weighted by molar-refractivity contribution is 9.10. The Balaban J connectivity index is 1.71. The molecule has 21 heavy (non-hydrogen) atoms. The molecule has 0 aliphatic heterocycles. The van der Waals surface area contributed by atoms with Crippen molar-refractivity contribution in [3.05, 3.63) is 46.0 Å². The van der Waals surface area contributed by atoms with Crippen LogP contribution >= 0.6 is 15.9 Å². The molecule has 0 spiro atoms. The summed E-state index contributed by atoms with van der Waals surface area (Å²) < 4.78 is 6.59. The molecule has 0 bridgehead atoms. The number of nitrogens with one attached hydrogen (secondary N) is 1. The lowest BCUT2D eigenvalue weighted by atomic mass is 10.0. The fourth-order valence-corrected chi connectivity index (χ4v) is 3.53. The van der Waals surface area contributed by atoms with Crippen molar-refractivity contribution in [2.45, 2.75) is 44.6 Å². The second kappa shape index (κ2) is 6.71. The van der Waals surface area contributed by atoms with Crippen LogP contribution in [-0.2, 0) is 6.42 Å². The molecule has 0 amide bonds. The molecule has 3 rings (SSSR count). The van der Waals surface area contributed by atoms with Crippen molar-refractivity contribution in [2.24, 2.45) is 0 Å². The maximum Gasteiger partial charge on any atom is 0.231 e. The molecule has 5 heteroatoms. The van der Waals surface area contributed by atoms with E-state index in [0.717, 1.165) is 29.2 Å². The smallest absolute Gasteiger partial charge is 0.231 e.